The zero-order valence-electron chi connectivity index (χ0n) is 17.1. The Bertz CT molecular complexity index is 1470. The molecule has 0 amide bonds. The third-order valence-electron chi connectivity index (χ3n) is 4.90. The quantitative estimate of drug-likeness (QED) is 0.380. The van der Waals surface area contributed by atoms with E-state index < -0.39 is 5.97 Å². The van der Waals surface area contributed by atoms with Crippen molar-refractivity contribution in [2.75, 3.05) is 0 Å². The molecule has 0 aliphatic carbocycles. The third kappa shape index (κ3) is 3.83. The van der Waals surface area contributed by atoms with E-state index in [1.54, 1.807) is 34.3 Å². The van der Waals surface area contributed by atoms with E-state index >= 15 is 0 Å². The Balaban J connectivity index is 1.45. The van der Waals surface area contributed by atoms with Gasteiger partial charge in [0.05, 0.1) is 16.3 Å². The second-order valence-corrected chi connectivity index (χ2v) is 8.18. The Labute approximate surface area is 187 Å². The Morgan fingerprint density at radius 2 is 1.91 bits per heavy atom. The van der Waals surface area contributed by atoms with Gasteiger partial charge in [0.15, 0.2) is 5.69 Å². The molecule has 0 atom stereocenters. The molecule has 0 saturated carbocycles. The molecule has 0 radical (unpaired) electrons. The first-order valence-electron chi connectivity index (χ1n) is 9.94. The molecule has 8 heteroatoms. The highest BCUT2D eigenvalue weighted by Crippen LogP contribution is 2.26. The summed E-state index contributed by atoms with van der Waals surface area (Å²) in [6, 6.07) is 20.0. The highest BCUT2D eigenvalue weighted by atomic mass is 32.1. The topological polar surface area (TPSA) is 78.5 Å². The zero-order valence-corrected chi connectivity index (χ0v) is 18.0. The number of esters is 1. The van der Waals surface area contributed by atoms with Crippen LogP contribution >= 0.6 is 11.3 Å². The number of aromatic nitrogens is 4. The smallest absolute Gasteiger partial charge is 0.357 e. The first kappa shape index (κ1) is 19.9. The number of thiophene rings is 1. The van der Waals surface area contributed by atoms with Gasteiger partial charge in [0.1, 0.15) is 17.9 Å². The number of fused-ring (bicyclic) bond motifs is 1. The maximum absolute atomic E-state index is 13.0. The second kappa shape index (κ2) is 8.24. The van der Waals surface area contributed by atoms with Crippen molar-refractivity contribution in [3.63, 3.8) is 0 Å². The van der Waals surface area contributed by atoms with Crippen LogP contribution in [0.5, 0.6) is 0 Å². The number of pyridine rings is 1. The highest BCUT2D eigenvalue weighted by molar-refractivity contribution is 7.13. The predicted octanol–water partition coefficient (Wildman–Crippen LogP) is 4.27. The van der Waals surface area contributed by atoms with Crippen LogP contribution in [-0.2, 0) is 11.3 Å². The number of ether oxygens (including phenoxy) is 1. The number of carbonyl (C=O) groups excluding carboxylic acids is 1. The number of nitrogens with zero attached hydrogens (tertiary/aromatic N) is 4. The first-order valence-corrected chi connectivity index (χ1v) is 10.8. The van der Waals surface area contributed by atoms with Gasteiger partial charge in [-0.2, -0.15) is 5.10 Å². The minimum absolute atomic E-state index is 0.118. The highest BCUT2D eigenvalue weighted by Gasteiger charge is 2.20. The van der Waals surface area contributed by atoms with Crippen LogP contribution in [0.3, 0.4) is 0 Å². The lowest BCUT2D eigenvalue weighted by Crippen LogP contribution is -2.17. The molecule has 5 rings (SSSR count). The number of rotatable bonds is 5. The summed E-state index contributed by atoms with van der Waals surface area (Å²) in [5, 5.41) is 6.58. The third-order valence-corrected chi connectivity index (χ3v) is 5.80. The fourth-order valence-corrected chi connectivity index (χ4v) is 4.06. The summed E-state index contributed by atoms with van der Waals surface area (Å²) in [4.78, 5) is 30.8. The van der Waals surface area contributed by atoms with E-state index in [4.69, 9.17) is 4.74 Å². The van der Waals surface area contributed by atoms with Crippen LogP contribution in [-0.4, -0.2) is 25.1 Å². The Hall–Kier alpha value is -4.04. The first-order chi connectivity index (χ1) is 15.6. The summed E-state index contributed by atoms with van der Waals surface area (Å²) in [6.45, 7) is 1.79. The van der Waals surface area contributed by atoms with Crippen LogP contribution in [0, 0.1) is 6.92 Å². The molecule has 0 aliphatic rings. The van der Waals surface area contributed by atoms with E-state index in [1.165, 1.54) is 10.5 Å². The number of carbonyl (C=O) groups is 1. The van der Waals surface area contributed by atoms with Gasteiger partial charge in [0.2, 0.25) is 0 Å². The molecule has 4 aromatic heterocycles. The average Bonchev–Trinajstić information content (AvgIpc) is 3.49. The number of benzene rings is 1. The normalized spacial score (nSPS) is 11.0. The van der Waals surface area contributed by atoms with Crippen molar-refractivity contribution >= 4 is 23.0 Å². The fraction of sp³-hybridized carbons (Fsp3) is 0.0833. The van der Waals surface area contributed by atoms with Gasteiger partial charge in [-0.1, -0.05) is 30.3 Å². The molecule has 158 valence electrons. The molecular formula is C24H18N4O3S. The Morgan fingerprint density at radius 3 is 2.69 bits per heavy atom. The molecule has 0 fully saturated rings. The predicted molar refractivity (Wildman–Crippen MR) is 122 cm³/mol. The van der Waals surface area contributed by atoms with Crippen LogP contribution in [0.2, 0.25) is 0 Å². The van der Waals surface area contributed by atoms with Gasteiger partial charge in [0.25, 0.3) is 5.56 Å². The molecule has 1 aromatic carbocycles. The van der Waals surface area contributed by atoms with E-state index in [0.29, 0.717) is 22.7 Å². The van der Waals surface area contributed by atoms with E-state index in [1.807, 2.05) is 60.8 Å². The minimum atomic E-state index is -0.546. The van der Waals surface area contributed by atoms with Crippen LogP contribution in [0.25, 0.3) is 21.9 Å². The molecule has 32 heavy (non-hydrogen) atoms. The van der Waals surface area contributed by atoms with Crippen molar-refractivity contribution in [1.29, 1.82) is 0 Å². The van der Waals surface area contributed by atoms with Gasteiger partial charge >= 0.3 is 5.97 Å². The largest absolute Gasteiger partial charge is 0.454 e. The summed E-state index contributed by atoms with van der Waals surface area (Å²) in [6.07, 6.45) is 1.73. The number of hydrogen-bond acceptors (Lipinski definition) is 6. The van der Waals surface area contributed by atoms with Gasteiger partial charge in [0, 0.05) is 18.3 Å². The Morgan fingerprint density at radius 1 is 1.06 bits per heavy atom. The molecule has 0 bridgehead atoms. The second-order valence-electron chi connectivity index (χ2n) is 7.24. The molecule has 0 spiro atoms. The minimum Gasteiger partial charge on any atom is -0.454 e. The van der Waals surface area contributed by atoms with Crippen molar-refractivity contribution < 1.29 is 9.53 Å². The van der Waals surface area contributed by atoms with Crippen molar-refractivity contribution in [2.24, 2.45) is 0 Å². The van der Waals surface area contributed by atoms with Crippen LogP contribution < -0.4 is 5.56 Å². The number of para-hydroxylation sites is 1. The average molecular weight is 443 g/mol. The zero-order chi connectivity index (χ0) is 22.1. The maximum Gasteiger partial charge on any atom is 0.357 e. The number of hydrogen-bond donors (Lipinski definition) is 0. The summed E-state index contributed by atoms with van der Waals surface area (Å²) in [7, 11) is 0. The maximum atomic E-state index is 13.0. The monoisotopic (exact) mass is 442 g/mol. The standard InChI is InChI=1S/C24H18N4O3S/c1-16-9-10-22-25-17(12-23(29)27(22)14-16)15-31-24(30)20-13-19(21-8-5-11-32-21)26-28(20)18-6-3-2-4-7-18/h2-14H,15H2,1H3. The molecule has 5 aromatic rings. The molecule has 0 aliphatic heterocycles. The lowest BCUT2D eigenvalue weighted by atomic mass is 10.3. The fourth-order valence-electron chi connectivity index (χ4n) is 3.38. The van der Waals surface area contributed by atoms with Crippen molar-refractivity contribution in [1.82, 2.24) is 19.2 Å². The van der Waals surface area contributed by atoms with E-state index in [0.717, 1.165) is 16.1 Å². The van der Waals surface area contributed by atoms with Crippen molar-refractivity contribution in [3.05, 3.63) is 106 Å². The summed E-state index contributed by atoms with van der Waals surface area (Å²) >= 11 is 1.54. The summed E-state index contributed by atoms with van der Waals surface area (Å²) in [5.74, 6) is -0.546. The molecular weight excluding hydrogens is 424 g/mol. The Kier molecular flexibility index (Phi) is 5.12. The van der Waals surface area contributed by atoms with Crippen LogP contribution in [0.1, 0.15) is 21.7 Å². The van der Waals surface area contributed by atoms with Gasteiger partial charge < -0.3 is 4.74 Å². The van der Waals surface area contributed by atoms with Gasteiger partial charge in [-0.15, -0.1) is 11.3 Å². The van der Waals surface area contributed by atoms with Gasteiger partial charge in [-0.25, -0.2) is 14.5 Å². The SMILES string of the molecule is Cc1ccc2nc(COC(=O)c3cc(-c4cccs4)nn3-c3ccccc3)cc(=O)n2c1. The lowest BCUT2D eigenvalue weighted by molar-refractivity contribution is 0.0457. The van der Waals surface area contributed by atoms with Crippen molar-refractivity contribution in [3.8, 4) is 16.3 Å². The van der Waals surface area contributed by atoms with Crippen LogP contribution in [0.4, 0.5) is 0 Å². The molecule has 0 saturated heterocycles. The molecule has 0 N–H and O–H groups in total. The van der Waals surface area contributed by atoms with Crippen molar-refractivity contribution in [2.45, 2.75) is 13.5 Å². The van der Waals surface area contributed by atoms with E-state index in [2.05, 4.69) is 10.1 Å². The van der Waals surface area contributed by atoms with E-state index in [9.17, 15) is 9.59 Å². The summed E-state index contributed by atoms with van der Waals surface area (Å²) < 4.78 is 8.57. The summed E-state index contributed by atoms with van der Waals surface area (Å²) in [5.41, 5.74) is 3.36. The molecule has 4 heterocycles. The van der Waals surface area contributed by atoms with E-state index in [-0.39, 0.29) is 12.2 Å². The number of aryl methyl sites for hydroxylation is 1. The van der Waals surface area contributed by atoms with Gasteiger partial charge in [-0.05, 0) is 42.1 Å². The van der Waals surface area contributed by atoms with Gasteiger partial charge in [-0.3, -0.25) is 9.20 Å². The molecule has 7 nitrogen and oxygen atoms in total. The molecule has 0 unspecified atom stereocenters. The lowest BCUT2D eigenvalue weighted by Gasteiger charge is -2.08. The van der Waals surface area contributed by atoms with Crippen LogP contribution in [0.15, 0.2) is 83.1 Å².